The van der Waals surface area contributed by atoms with E-state index in [9.17, 15) is 19.2 Å². The van der Waals surface area contributed by atoms with Crippen molar-refractivity contribution in [2.24, 2.45) is 0 Å². The average Bonchev–Trinajstić information content (AvgIpc) is 3.31. The molecule has 0 aromatic heterocycles. The van der Waals surface area contributed by atoms with Crippen molar-refractivity contribution in [3.63, 3.8) is 0 Å². The first-order valence-corrected chi connectivity index (χ1v) is 5.64. The van der Waals surface area contributed by atoms with E-state index in [1.54, 1.807) is 0 Å². The van der Waals surface area contributed by atoms with Gasteiger partial charge in [0, 0.05) is 18.2 Å². The lowest BCUT2D eigenvalue weighted by atomic mass is 10.5. The fourth-order valence-electron chi connectivity index (χ4n) is 0.329. The molecule has 1 aliphatic heterocycles. The zero-order valence-corrected chi connectivity index (χ0v) is 12.1. The van der Waals surface area contributed by atoms with Crippen LogP contribution in [-0.4, -0.2) is 63.8 Å². The number of hydrogen-bond donors (Lipinski definition) is 4. The van der Waals surface area contributed by atoms with Crippen molar-refractivity contribution < 1.29 is 49.1 Å². The fraction of sp³-hybridized carbons (Fsp3) is 0.231. The lowest BCUT2D eigenvalue weighted by Gasteiger charge is -1.91. The molecule has 1 saturated heterocycles. The molecule has 1 atom stereocenters. The van der Waals surface area contributed by atoms with Gasteiger partial charge in [0.2, 0.25) is 0 Å². The summed E-state index contributed by atoms with van der Waals surface area (Å²) < 4.78 is 8.83. The van der Waals surface area contributed by atoms with E-state index in [0.717, 1.165) is 18.2 Å². The predicted molar refractivity (Wildman–Crippen MR) is 77.2 cm³/mol. The summed E-state index contributed by atoms with van der Waals surface area (Å²) in [6, 6.07) is 0. The second-order valence-electron chi connectivity index (χ2n) is 3.16. The molecule has 1 unspecified atom stereocenters. The van der Waals surface area contributed by atoms with Gasteiger partial charge in [0.15, 0.2) is 0 Å². The van der Waals surface area contributed by atoms with Gasteiger partial charge in [-0.15, -0.1) is 0 Å². The highest BCUT2D eigenvalue weighted by Crippen LogP contribution is 2.07. The van der Waals surface area contributed by atoms with Crippen molar-refractivity contribution in [3.8, 4) is 0 Å². The van der Waals surface area contributed by atoms with Gasteiger partial charge in [-0.25, -0.2) is 19.2 Å². The number of carboxylic acids is 3. The van der Waals surface area contributed by atoms with Gasteiger partial charge in [-0.05, 0) is 0 Å². The second kappa shape index (κ2) is 16.9. The maximum atomic E-state index is 9.65. The predicted octanol–water partition coefficient (Wildman–Crippen LogP) is 0.851. The van der Waals surface area contributed by atoms with Gasteiger partial charge in [0.05, 0.1) is 6.61 Å². The largest absolute Gasteiger partial charge is 0.505 e. The monoisotopic (exact) mass is 334 g/mol. The minimum absolute atomic E-state index is 0.0334. The highest BCUT2D eigenvalue weighted by molar-refractivity contribution is 5.79. The summed E-state index contributed by atoms with van der Waals surface area (Å²) in [6.45, 7) is 9.69. The third-order valence-corrected chi connectivity index (χ3v) is 1.32. The van der Waals surface area contributed by atoms with Crippen LogP contribution in [0.25, 0.3) is 0 Å². The molecule has 130 valence electrons. The Hall–Kier alpha value is -3.14. The van der Waals surface area contributed by atoms with Gasteiger partial charge in [-0.2, -0.15) is 0 Å². The van der Waals surface area contributed by atoms with Crippen LogP contribution in [0.2, 0.25) is 0 Å². The molecular weight excluding hydrogens is 316 g/mol. The van der Waals surface area contributed by atoms with Crippen LogP contribution < -0.4 is 0 Å². The quantitative estimate of drug-likeness (QED) is 0.321. The maximum absolute atomic E-state index is 9.65. The fourth-order valence-corrected chi connectivity index (χ4v) is 0.329. The molecule has 1 aliphatic rings. The summed E-state index contributed by atoms with van der Waals surface area (Å²) in [5.74, 6) is -2.94. The Labute approximate surface area is 131 Å². The van der Waals surface area contributed by atoms with E-state index in [0.29, 0.717) is 6.61 Å². The van der Waals surface area contributed by atoms with Crippen LogP contribution in [0.1, 0.15) is 0 Å². The van der Waals surface area contributed by atoms with Crippen molar-refractivity contribution in [1.29, 1.82) is 0 Å². The lowest BCUT2D eigenvalue weighted by Crippen LogP contribution is -2.06. The summed E-state index contributed by atoms with van der Waals surface area (Å²) in [5, 5.41) is 30.7. The van der Waals surface area contributed by atoms with E-state index in [-0.39, 0.29) is 12.7 Å². The molecule has 1 rings (SSSR count). The Bertz CT molecular complexity index is 380. The molecule has 10 nitrogen and oxygen atoms in total. The molecule has 1 fully saturated rings. The van der Waals surface area contributed by atoms with Crippen molar-refractivity contribution in [3.05, 3.63) is 38.0 Å². The van der Waals surface area contributed by atoms with Crippen molar-refractivity contribution in [1.82, 2.24) is 0 Å². The van der Waals surface area contributed by atoms with E-state index in [2.05, 4.69) is 29.2 Å². The second-order valence-corrected chi connectivity index (χ2v) is 3.16. The minimum Gasteiger partial charge on any atom is -0.478 e. The van der Waals surface area contributed by atoms with Crippen LogP contribution in [0.5, 0.6) is 0 Å². The molecule has 0 saturated carbocycles. The highest BCUT2D eigenvalue weighted by atomic mass is 16.7. The van der Waals surface area contributed by atoms with Gasteiger partial charge >= 0.3 is 24.1 Å². The Morgan fingerprint density at radius 2 is 1.17 bits per heavy atom. The molecule has 0 aromatic rings. The normalized spacial score (nSPS) is 12.8. The zero-order valence-electron chi connectivity index (χ0n) is 12.1. The molecule has 0 radical (unpaired) electrons. The molecule has 0 aliphatic carbocycles. The molecule has 10 heteroatoms. The van der Waals surface area contributed by atoms with Gasteiger partial charge < -0.3 is 29.9 Å². The summed E-state index contributed by atoms with van der Waals surface area (Å²) in [4.78, 5) is 37.4. The van der Waals surface area contributed by atoms with Crippen LogP contribution in [0.4, 0.5) is 4.79 Å². The smallest absolute Gasteiger partial charge is 0.478 e. The van der Waals surface area contributed by atoms with E-state index in [1.807, 2.05) is 0 Å². The molecule has 0 amide bonds. The standard InChI is InChI=1S/C4H6O4.3C3H4O2/c5-4(6)8-2-3-1-7-3;3*1-2-3(4)5/h3H,1-2H2,(H,5,6);3*2H,1H2,(H,4,5). The van der Waals surface area contributed by atoms with E-state index in [1.165, 1.54) is 0 Å². The van der Waals surface area contributed by atoms with Gasteiger partial charge in [-0.1, -0.05) is 19.7 Å². The van der Waals surface area contributed by atoms with Crippen molar-refractivity contribution in [2.45, 2.75) is 6.10 Å². The third-order valence-electron chi connectivity index (χ3n) is 1.32. The molecular formula is C13H18O10. The number of aliphatic carboxylic acids is 3. The number of ether oxygens (including phenoxy) is 2. The highest BCUT2D eigenvalue weighted by Gasteiger charge is 2.23. The zero-order chi connectivity index (χ0) is 18.8. The molecule has 0 aromatic carbocycles. The van der Waals surface area contributed by atoms with Gasteiger partial charge in [0.25, 0.3) is 0 Å². The lowest BCUT2D eigenvalue weighted by molar-refractivity contribution is -0.132. The topological polar surface area (TPSA) is 171 Å². The molecule has 23 heavy (non-hydrogen) atoms. The molecule has 0 bridgehead atoms. The first-order valence-electron chi connectivity index (χ1n) is 5.64. The van der Waals surface area contributed by atoms with Crippen molar-refractivity contribution >= 4 is 24.1 Å². The Morgan fingerprint density at radius 1 is 0.913 bits per heavy atom. The summed E-state index contributed by atoms with van der Waals surface area (Å²) >= 11 is 0. The summed E-state index contributed by atoms with van der Waals surface area (Å²) in [5.41, 5.74) is 0. The van der Waals surface area contributed by atoms with Crippen LogP contribution in [0.3, 0.4) is 0 Å². The minimum atomic E-state index is -1.24. The Balaban J connectivity index is -0.000000240. The first kappa shape index (κ1) is 24.9. The summed E-state index contributed by atoms with van der Waals surface area (Å²) in [6.07, 6.45) is 1.30. The first-order chi connectivity index (χ1) is 10.6. The van der Waals surface area contributed by atoms with Gasteiger partial charge in [0.1, 0.15) is 12.7 Å². The number of hydrogen-bond acceptors (Lipinski definition) is 6. The van der Waals surface area contributed by atoms with E-state index in [4.69, 9.17) is 20.4 Å². The van der Waals surface area contributed by atoms with Crippen LogP contribution >= 0.6 is 0 Å². The number of rotatable bonds is 5. The molecule has 4 N–H and O–H groups in total. The number of carboxylic acid groups (broad SMARTS) is 4. The SMILES string of the molecule is C=CC(=O)O.C=CC(=O)O.C=CC(=O)O.O=C(O)OCC1CO1. The van der Waals surface area contributed by atoms with E-state index < -0.39 is 24.1 Å². The Kier molecular flexibility index (Phi) is 18.3. The number of epoxide rings is 1. The number of carbonyl (C=O) groups is 4. The Morgan fingerprint density at radius 3 is 1.30 bits per heavy atom. The third kappa shape index (κ3) is 45.5. The average molecular weight is 334 g/mol. The maximum Gasteiger partial charge on any atom is 0.505 e. The van der Waals surface area contributed by atoms with Crippen molar-refractivity contribution in [2.75, 3.05) is 13.2 Å². The molecule has 0 spiro atoms. The summed E-state index contributed by atoms with van der Waals surface area (Å²) in [7, 11) is 0. The van der Waals surface area contributed by atoms with Crippen LogP contribution in [0.15, 0.2) is 38.0 Å². The van der Waals surface area contributed by atoms with E-state index >= 15 is 0 Å². The van der Waals surface area contributed by atoms with Crippen LogP contribution in [-0.2, 0) is 23.9 Å². The molecule has 1 heterocycles. The van der Waals surface area contributed by atoms with Crippen LogP contribution in [0, 0.1) is 0 Å². The van der Waals surface area contributed by atoms with Gasteiger partial charge in [-0.3, -0.25) is 0 Å².